The smallest absolute Gasteiger partial charge is 0.156 e. The van der Waals surface area contributed by atoms with Gasteiger partial charge in [0.1, 0.15) is 0 Å². The van der Waals surface area contributed by atoms with Gasteiger partial charge in [0.05, 0.1) is 18.5 Å². The maximum Gasteiger partial charge on any atom is 0.156 e. The molecule has 0 radical (unpaired) electrons. The minimum absolute atomic E-state index is 0.171. The van der Waals surface area contributed by atoms with E-state index in [-0.39, 0.29) is 11.3 Å². The Morgan fingerprint density at radius 2 is 2.07 bits per heavy atom. The Labute approximate surface area is 168 Å². The summed E-state index contributed by atoms with van der Waals surface area (Å²) < 4.78 is 1.92. The third-order valence-corrected chi connectivity index (χ3v) is 9.00. The van der Waals surface area contributed by atoms with Gasteiger partial charge >= 0.3 is 0 Å². The maximum absolute atomic E-state index is 13.1. The molecule has 1 aromatic rings. The van der Waals surface area contributed by atoms with E-state index in [1.807, 2.05) is 17.7 Å². The zero-order valence-electron chi connectivity index (χ0n) is 17.3. The fourth-order valence-corrected chi connectivity index (χ4v) is 7.67. The lowest BCUT2D eigenvalue weighted by Gasteiger charge is -2.54. The SMILES string of the molecule is CC12CC[C@H]3C(CC=C4C[C@](C)(O)CC[C@@H]43)[C@@H]1CC[C@@H]2C(=O)Cn1ccnc1. The first kappa shape index (κ1) is 18.6. The van der Waals surface area contributed by atoms with Crippen molar-refractivity contribution in [1.82, 2.24) is 9.55 Å². The quantitative estimate of drug-likeness (QED) is 0.789. The zero-order chi connectivity index (χ0) is 19.5. The molecule has 1 heterocycles. The molecule has 5 rings (SSSR count). The number of Topliss-reactive ketones (excluding diaryl/α,β-unsaturated/α-hetero) is 1. The van der Waals surface area contributed by atoms with Gasteiger partial charge < -0.3 is 9.67 Å². The Hall–Kier alpha value is -1.42. The first-order chi connectivity index (χ1) is 13.4. The predicted molar refractivity (Wildman–Crippen MR) is 108 cm³/mol. The van der Waals surface area contributed by atoms with E-state index >= 15 is 0 Å². The Morgan fingerprint density at radius 1 is 1.21 bits per heavy atom. The van der Waals surface area contributed by atoms with Crippen LogP contribution in [0.2, 0.25) is 0 Å². The number of hydrogen-bond donors (Lipinski definition) is 1. The van der Waals surface area contributed by atoms with E-state index < -0.39 is 5.60 Å². The summed E-state index contributed by atoms with van der Waals surface area (Å²) in [6.45, 7) is 4.90. The number of rotatable bonds is 3. The molecule has 152 valence electrons. The van der Waals surface area contributed by atoms with Gasteiger partial charge in [0, 0.05) is 18.3 Å². The van der Waals surface area contributed by atoms with Gasteiger partial charge in [0.15, 0.2) is 5.78 Å². The van der Waals surface area contributed by atoms with E-state index in [2.05, 4.69) is 18.0 Å². The molecule has 1 aromatic heterocycles. The molecule has 3 saturated carbocycles. The van der Waals surface area contributed by atoms with Crippen LogP contribution in [0.3, 0.4) is 0 Å². The van der Waals surface area contributed by atoms with Crippen molar-refractivity contribution in [3.8, 4) is 0 Å². The van der Waals surface area contributed by atoms with Crippen LogP contribution < -0.4 is 0 Å². The molecule has 4 aliphatic rings. The summed E-state index contributed by atoms with van der Waals surface area (Å²) in [4.78, 5) is 17.2. The summed E-state index contributed by atoms with van der Waals surface area (Å²) in [6.07, 6.45) is 16.7. The highest BCUT2D eigenvalue weighted by Crippen LogP contribution is 2.63. The number of allylic oxidation sites excluding steroid dienone is 1. The molecule has 2 unspecified atom stereocenters. The standard InChI is InChI=1S/C24H34N2O2/c1-23(28)9-7-17-16(13-23)3-4-19-18(17)8-10-24(2)20(19)5-6-21(24)22(27)14-26-12-11-25-15-26/h3,11-12,15,17-21,28H,4-10,13-14H2,1-2H3/t17-,18+,19?,20-,21+,23+,24?/m0/s1. The van der Waals surface area contributed by atoms with Crippen molar-refractivity contribution < 1.29 is 9.90 Å². The van der Waals surface area contributed by atoms with Crippen LogP contribution in [0.25, 0.3) is 0 Å². The van der Waals surface area contributed by atoms with Crippen molar-refractivity contribution >= 4 is 5.78 Å². The molecule has 1 N–H and O–H groups in total. The highest BCUT2D eigenvalue weighted by atomic mass is 16.3. The van der Waals surface area contributed by atoms with Crippen molar-refractivity contribution in [3.63, 3.8) is 0 Å². The number of imidazole rings is 1. The molecule has 4 heteroatoms. The zero-order valence-corrected chi connectivity index (χ0v) is 17.3. The topological polar surface area (TPSA) is 55.1 Å². The van der Waals surface area contributed by atoms with Gasteiger partial charge in [-0.15, -0.1) is 0 Å². The van der Waals surface area contributed by atoms with Gasteiger partial charge in [-0.05, 0) is 87.4 Å². The molecule has 0 aromatic carbocycles. The number of aliphatic hydroxyl groups is 1. The van der Waals surface area contributed by atoms with Gasteiger partial charge in [0.2, 0.25) is 0 Å². The second kappa shape index (κ2) is 6.55. The van der Waals surface area contributed by atoms with Crippen LogP contribution in [-0.4, -0.2) is 26.0 Å². The Balaban J connectivity index is 1.35. The second-order valence-electron chi connectivity index (χ2n) is 10.6. The van der Waals surface area contributed by atoms with Crippen molar-refractivity contribution in [2.45, 2.75) is 77.4 Å². The van der Waals surface area contributed by atoms with Crippen LogP contribution >= 0.6 is 0 Å². The summed E-state index contributed by atoms with van der Waals surface area (Å²) in [5.74, 6) is 3.49. The molecule has 0 amide bonds. The Bertz CT molecular complexity index is 781. The predicted octanol–water partition coefficient (Wildman–Crippen LogP) is 4.39. The van der Waals surface area contributed by atoms with Gasteiger partial charge in [-0.1, -0.05) is 18.6 Å². The van der Waals surface area contributed by atoms with Crippen LogP contribution in [0.4, 0.5) is 0 Å². The number of ketones is 1. The molecule has 0 saturated heterocycles. The first-order valence-electron chi connectivity index (χ1n) is 11.3. The Morgan fingerprint density at radius 3 is 2.86 bits per heavy atom. The van der Waals surface area contributed by atoms with Gasteiger partial charge in [-0.25, -0.2) is 4.98 Å². The van der Waals surface area contributed by atoms with Crippen molar-refractivity contribution in [1.29, 1.82) is 0 Å². The summed E-state index contributed by atoms with van der Waals surface area (Å²) in [6, 6.07) is 0. The van der Waals surface area contributed by atoms with Crippen LogP contribution in [0.1, 0.15) is 65.2 Å². The number of nitrogens with zero attached hydrogens (tertiary/aromatic N) is 2. The average Bonchev–Trinajstić information content (AvgIpc) is 3.27. The minimum Gasteiger partial charge on any atom is -0.390 e. The van der Waals surface area contributed by atoms with Crippen LogP contribution in [0.5, 0.6) is 0 Å². The fourth-order valence-electron chi connectivity index (χ4n) is 7.67. The molecular formula is C24H34N2O2. The lowest BCUT2D eigenvalue weighted by atomic mass is 9.51. The molecule has 4 nitrogen and oxygen atoms in total. The largest absolute Gasteiger partial charge is 0.390 e. The molecule has 4 aliphatic carbocycles. The highest BCUT2D eigenvalue weighted by molar-refractivity contribution is 5.82. The second-order valence-corrected chi connectivity index (χ2v) is 10.6. The van der Waals surface area contributed by atoms with E-state index in [0.29, 0.717) is 24.2 Å². The number of carbonyl (C=O) groups is 1. The molecule has 0 bridgehead atoms. The van der Waals surface area contributed by atoms with Gasteiger partial charge in [-0.3, -0.25) is 4.79 Å². The van der Waals surface area contributed by atoms with Gasteiger partial charge in [0.25, 0.3) is 0 Å². The maximum atomic E-state index is 13.1. The normalized spacial score (nSPS) is 45.0. The third kappa shape index (κ3) is 2.91. The van der Waals surface area contributed by atoms with E-state index in [1.165, 1.54) is 24.8 Å². The minimum atomic E-state index is -0.503. The van der Waals surface area contributed by atoms with Crippen LogP contribution in [0.15, 0.2) is 30.4 Å². The average molecular weight is 383 g/mol. The molecule has 0 spiro atoms. The van der Waals surface area contributed by atoms with Crippen LogP contribution in [0, 0.1) is 35.0 Å². The van der Waals surface area contributed by atoms with Crippen molar-refractivity contribution in [3.05, 3.63) is 30.4 Å². The monoisotopic (exact) mass is 382 g/mol. The lowest BCUT2D eigenvalue weighted by molar-refractivity contribution is -0.129. The summed E-state index contributed by atoms with van der Waals surface area (Å²) in [5, 5.41) is 10.5. The van der Waals surface area contributed by atoms with E-state index in [1.54, 1.807) is 12.5 Å². The molecule has 28 heavy (non-hydrogen) atoms. The van der Waals surface area contributed by atoms with Gasteiger partial charge in [-0.2, -0.15) is 0 Å². The fraction of sp³-hybridized carbons (Fsp3) is 0.750. The van der Waals surface area contributed by atoms with E-state index in [0.717, 1.165) is 43.9 Å². The summed E-state index contributed by atoms with van der Waals surface area (Å²) in [5.41, 5.74) is 1.20. The van der Waals surface area contributed by atoms with Crippen LogP contribution in [-0.2, 0) is 11.3 Å². The number of hydrogen-bond acceptors (Lipinski definition) is 3. The lowest BCUT2D eigenvalue weighted by Crippen LogP contribution is -2.48. The Kier molecular flexibility index (Phi) is 4.35. The number of carbonyl (C=O) groups excluding carboxylic acids is 1. The number of fused-ring (bicyclic) bond motifs is 5. The molecule has 3 fully saturated rings. The van der Waals surface area contributed by atoms with E-state index in [4.69, 9.17) is 0 Å². The van der Waals surface area contributed by atoms with Crippen molar-refractivity contribution in [2.24, 2.45) is 35.0 Å². The first-order valence-corrected chi connectivity index (χ1v) is 11.3. The summed E-state index contributed by atoms with van der Waals surface area (Å²) >= 11 is 0. The molecule has 0 aliphatic heterocycles. The highest BCUT2D eigenvalue weighted by Gasteiger charge is 2.57. The number of aromatic nitrogens is 2. The third-order valence-electron chi connectivity index (χ3n) is 9.00. The van der Waals surface area contributed by atoms with Crippen molar-refractivity contribution in [2.75, 3.05) is 0 Å². The molecule has 7 atom stereocenters. The van der Waals surface area contributed by atoms with E-state index in [9.17, 15) is 9.90 Å². The molecular weight excluding hydrogens is 348 g/mol. The summed E-state index contributed by atoms with van der Waals surface area (Å²) in [7, 11) is 0.